The van der Waals surface area contributed by atoms with E-state index in [4.69, 9.17) is 4.74 Å². The highest BCUT2D eigenvalue weighted by molar-refractivity contribution is 5.73. The number of rotatable bonds is 18. The zero-order valence-corrected chi connectivity index (χ0v) is 18.3. The van der Waals surface area contributed by atoms with Crippen LogP contribution in [0.1, 0.15) is 104 Å². The highest BCUT2D eigenvalue weighted by Gasteiger charge is 2.27. The molecule has 0 spiro atoms. The Kier molecular flexibility index (Phi) is 17.2. The second-order valence-corrected chi connectivity index (χ2v) is 7.85. The first-order valence-corrected chi connectivity index (χ1v) is 11.1. The molecule has 0 saturated heterocycles. The summed E-state index contributed by atoms with van der Waals surface area (Å²) in [5.74, 6) is -0.827. The Labute approximate surface area is 171 Å². The number of unbranched alkanes of at least 4 members (excludes halogenated alkanes) is 11. The van der Waals surface area contributed by atoms with Crippen molar-refractivity contribution in [1.82, 2.24) is 5.32 Å². The molecule has 0 aromatic carbocycles. The number of aliphatic hydroxyl groups is 2. The molecular weight excluding hydrogens is 358 g/mol. The smallest absolute Gasteiger partial charge is 0.302 e. The first-order valence-electron chi connectivity index (χ1n) is 11.1. The van der Waals surface area contributed by atoms with Gasteiger partial charge in [-0.25, -0.2) is 0 Å². The van der Waals surface area contributed by atoms with Crippen molar-refractivity contribution in [3.05, 3.63) is 0 Å². The molecule has 0 aliphatic carbocycles. The third kappa shape index (κ3) is 15.9. The van der Waals surface area contributed by atoms with Crippen LogP contribution in [0.15, 0.2) is 0 Å². The van der Waals surface area contributed by atoms with E-state index in [0.29, 0.717) is 6.42 Å². The van der Waals surface area contributed by atoms with Crippen molar-refractivity contribution in [3.63, 3.8) is 0 Å². The van der Waals surface area contributed by atoms with E-state index in [1.54, 1.807) is 0 Å². The summed E-state index contributed by atoms with van der Waals surface area (Å²) in [6, 6.07) is -0.797. The Hall–Kier alpha value is -1.14. The van der Waals surface area contributed by atoms with Crippen LogP contribution in [-0.2, 0) is 14.3 Å². The van der Waals surface area contributed by atoms with E-state index in [9.17, 15) is 19.8 Å². The van der Waals surface area contributed by atoms with Crippen LogP contribution < -0.4 is 5.32 Å². The van der Waals surface area contributed by atoms with Gasteiger partial charge in [0, 0.05) is 13.8 Å². The zero-order chi connectivity index (χ0) is 21.2. The lowest BCUT2D eigenvalue weighted by atomic mass is 9.99. The maximum atomic E-state index is 11.3. The molecule has 0 aromatic heterocycles. The number of amides is 1. The SMILES string of the molecule is CCCCCCCCCCCCCC[C@@H](O)[C@@H](O)[C@@H](COC(C)=O)NC(C)=O. The van der Waals surface area contributed by atoms with E-state index in [0.717, 1.165) is 19.3 Å². The number of aliphatic hydroxyl groups excluding tert-OH is 2. The van der Waals surface area contributed by atoms with Gasteiger partial charge in [0.1, 0.15) is 12.7 Å². The Morgan fingerprint density at radius 3 is 1.71 bits per heavy atom. The van der Waals surface area contributed by atoms with Gasteiger partial charge in [0.05, 0.1) is 12.1 Å². The average molecular weight is 402 g/mol. The second kappa shape index (κ2) is 17.9. The maximum absolute atomic E-state index is 11.3. The summed E-state index contributed by atoms with van der Waals surface area (Å²) >= 11 is 0. The van der Waals surface area contributed by atoms with E-state index < -0.39 is 24.2 Å². The Balaban J connectivity index is 3.80. The lowest BCUT2D eigenvalue weighted by molar-refractivity contribution is -0.144. The number of esters is 1. The zero-order valence-electron chi connectivity index (χ0n) is 18.3. The minimum Gasteiger partial charge on any atom is -0.464 e. The van der Waals surface area contributed by atoms with Crippen LogP contribution in [0, 0.1) is 0 Å². The molecule has 3 N–H and O–H groups in total. The predicted octanol–water partition coefficient (Wildman–Crippen LogP) is 3.87. The second-order valence-electron chi connectivity index (χ2n) is 7.85. The Bertz CT molecular complexity index is 402. The lowest BCUT2D eigenvalue weighted by Crippen LogP contribution is -2.50. The minimum absolute atomic E-state index is 0.147. The van der Waals surface area contributed by atoms with Gasteiger partial charge in [0.25, 0.3) is 0 Å². The number of carbonyl (C=O) groups excluding carboxylic acids is 2. The monoisotopic (exact) mass is 401 g/mol. The number of nitrogens with one attached hydrogen (secondary N) is 1. The summed E-state index contributed by atoms with van der Waals surface area (Å²) in [7, 11) is 0. The molecule has 0 heterocycles. The van der Waals surface area contributed by atoms with Gasteiger partial charge in [-0.1, -0.05) is 84.0 Å². The van der Waals surface area contributed by atoms with Crippen LogP contribution in [0.4, 0.5) is 0 Å². The molecule has 0 aliphatic heterocycles. The van der Waals surface area contributed by atoms with Crippen molar-refractivity contribution in [2.45, 2.75) is 122 Å². The largest absolute Gasteiger partial charge is 0.464 e. The minimum atomic E-state index is -1.16. The number of hydrogen-bond donors (Lipinski definition) is 3. The molecule has 0 rings (SSSR count). The van der Waals surface area contributed by atoms with Crippen molar-refractivity contribution in [1.29, 1.82) is 0 Å². The summed E-state index contributed by atoms with van der Waals surface area (Å²) in [6.07, 6.45) is 13.2. The number of ether oxygens (including phenoxy) is 1. The van der Waals surface area contributed by atoms with E-state index >= 15 is 0 Å². The van der Waals surface area contributed by atoms with Crippen LogP contribution in [-0.4, -0.2) is 46.9 Å². The molecular formula is C22H43NO5. The van der Waals surface area contributed by atoms with Crippen molar-refractivity contribution in [2.75, 3.05) is 6.61 Å². The van der Waals surface area contributed by atoms with Crippen molar-refractivity contribution >= 4 is 11.9 Å². The van der Waals surface area contributed by atoms with Crippen LogP contribution in [0.3, 0.4) is 0 Å². The molecule has 6 heteroatoms. The molecule has 3 atom stereocenters. The molecule has 28 heavy (non-hydrogen) atoms. The van der Waals surface area contributed by atoms with Gasteiger partial charge in [-0.15, -0.1) is 0 Å². The van der Waals surface area contributed by atoms with Gasteiger partial charge in [-0.2, -0.15) is 0 Å². The van der Waals surface area contributed by atoms with Crippen LogP contribution >= 0.6 is 0 Å². The van der Waals surface area contributed by atoms with Gasteiger partial charge in [0.15, 0.2) is 0 Å². The van der Waals surface area contributed by atoms with Gasteiger partial charge in [-0.3, -0.25) is 9.59 Å². The van der Waals surface area contributed by atoms with E-state index in [1.807, 2.05) is 0 Å². The maximum Gasteiger partial charge on any atom is 0.302 e. The summed E-state index contributed by atoms with van der Waals surface area (Å²) in [4.78, 5) is 22.2. The van der Waals surface area contributed by atoms with Crippen LogP contribution in [0.25, 0.3) is 0 Å². The summed E-state index contributed by atoms with van der Waals surface area (Å²) in [5, 5.41) is 23.0. The fourth-order valence-electron chi connectivity index (χ4n) is 3.33. The van der Waals surface area contributed by atoms with E-state index in [1.165, 1.54) is 71.6 Å². The molecule has 0 bridgehead atoms. The highest BCUT2D eigenvalue weighted by atomic mass is 16.5. The van der Waals surface area contributed by atoms with Gasteiger partial charge in [-0.05, 0) is 6.42 Å². The molecule has 0 unspecified atom stereocenters. The predicted molar refractivity (Wildman–Crippen MR) is 112 cm³/mol. The van der Waals surface area contributed by atoms with Crippen molar-refractivity contribution in [2.24, 2.45) is 0 Å². The van der Waals surface area contributed by atoms with Gasteiger partial charge >= 0.3 is 5.97 Å². The fraction of sp³-hybridized carbons (Fsp3) is 0.909. The first-order chi connectivity index (χ1) is 13.4. The highest BCUT2D eigenvalue weighted by Crippen LogP contribution is 2.14. The topological polar surface area (TPSA) is 95.9 Å². The molecule has 0 fully saturated rings. The molecule has 166 valence electrons. The molecule has 0 radical (unpaired) electrons. The third-order valence-electron chi connectivity index (χ3n) is 5.01. The number of hydrogen-bond acceptors (Lipinski definition) is 5. The third-order valence-corrected chi connectivity index (χ3v) is 5.01. The Morgan fingerprint density at radius 1 is 0.821 bits per heavy atom. The van der Waals surface area contributed by atoms with Crippen LogP contribution in [0.2, 0.25) is 0 Å². The molecule has 1 amide bonds. The fourth-order valence-corrected chi connectivity index (χ4v) is 3.33. The van der Waals surface area contributed by atoms with Crippen molar-refractivity contribution in [3.8, 4) is 0 Å². The Morgan fingerprint density at radius 2 is 1.29 bits per heavy atom. The van der Waals surface area contributed by atoms with Gasteiger partial charge < -0.3 is 20.3 Å². The summed E-state index contributed by atoms with van der Waals surface area (Å²) in [6.45, 7) is 4.68. The molecule has 6 nitrogen and oxygen atoms in total. The summed E-state index contributed by atoms with van der Waals surface area (Å²) in [5.41, 5.74) is 0. The van der Waals surface area contributed by atoms with E-state index in [2.05, 4.69) is 12.2 Å². The lowest BCUT2D eigenvalue weighted by Gasteiger charge is -2.27. The van der Waals surface area contributed by atoms with Crippen molar-refractivity contribution < 1.29 is 24.5 Å². The quantitative estimate of drug-likeness (QED) is 0.239. The molecule has 0 aromatic rings. The summed E-state index contributed by atoms with van der Waals surface area (Å²) < 4.78 is 4.87. The number of carbonyl (C=O) groups is 2. The van der Waals surface area contributed by atoms with Gasteiger partial charge in [0.2, 0.25) is 5.91 Å². The standard InChI is InChI=1S/C22H43NO5/c1-4-5-6-7-8-9-10-11-12-13-14-15-16-21(26)22(27)20(23-18(2)24)17-28-19(3)25/h20-22,26-27H,4-17H2,1-3H3,(H,23,24)/t20-,21-,22+/m1/s1. The molecule has 0 saturated carbocycles. The van der Waals surface area contributed by atoms with Crippen LogP contribution in [0.5, 0.6) is 0 Å². The normalized spacial score (nSPS) is 14.3. The average Bonchev–Trinajstić information content (AvgIpc) is 2.64. The first kappa shape index (κ1) is 26.9. The molecule has 0 aliphatic rings. The van der Waals surface area contributed by atoms with E-state index in [-0.39, 0.29) is 12.5 Å².